The maximum absolute atomic E-state index is 6.07. The number of halogens is 1. The van der Waals surface area contributed by atoms with Crippen molar-refractivity contribution in [3.63, 3.8) is 0 Å². The lowest BCUT2D eigenvalue weighted by atomic mass is 10.2. The molecule has 0 saturated heterocycles. The first-order chi connectivity index (χ1) is 9.58. The Morgan fingerprint density at radius 3 is 2.65 bits per heavy atom. The Balaban J connectivity index is 2.09. The zero-order chi connectivity index (χ0) is 14.3. The van der Waals surface area contributed by atoms with Gasteiger partial charge in [-0.25, -0.2) is 4.98 Å². The van der Waals surface area contributed by atoms with Gasteiger partial charge in [-0.2, -0.15) is 0 Å². The van der Waals surface area contributed by atoms with E-state index in [2.05, 4.69) is 54.6 Å². The largest absolute Gasteiger partial charge is 0.322 e. The fraction of sp³-hybridized carbons (Fsp3) is 0.312. The van der Waals surface area contributed by atoms with Gasteiger partial charge in [-0.15, -0.1) is 22.9 Å². The molecule has 0 atom stereocenters. The molecular formula is C16H17ClN2S. The van der Waals surface area contributed by atoms with Gasteiger partial charge in [0.2, 0.25) is 0 Å². The van der Waals surface area contributed by atoms with Crippen molar-refractivity contribution in [1.29, 1.82) is 0 Å². The molecule has 2 heterocycles. The summed E-state index contributed by atoms with van der Waals surface area (Å²) in [5.74, 6) is 1.38. The Kier molecular flexibility index (Phi) is 3.57. The van der Waals surface area contributed by atoms with Gasteiger partial charge in [-0.3, -0.25) is 0 Å². The predicted octanol–water partition coefficient (Wildman–Crippen LogP) is 4.81. The summed E-state index contributed by atoms with van der Waals surface area (Å²) < 4.78 is 2.23. The lowest BCUT2D eigenvalue weighted by Crippen LogP contribution is -2.02. The van der Waals surface area contributed by atoms with Gasteiger partial charge in [0.1, 0.15) is 5.82 Å². The minimum Gasteiger partial charge on any atom is -0.322 e. The van der Waals surface area contributed by atoms with Gasteiger partial charge in [0.25, 0.3) is 0 Å². The molecule has 0 saturated carbocycles. The van der Waals surface area contributed by atoms with Crippen LogP contribution in [0.25, 0.3) is 11.0 Å². The molecule has 1 aromatic carbocycles. The highest BCUT2D eigenvalue weighted by molar-refractivity contribution is 7.12. The van der Waals surface area contributed by atoms with Crippen LogP contribution in [0.3, 0.4) is 0 Å². The number of fused-ring (bicyclic) bond motifs is 1. The van der Waals surface area contributed by atoms with Gasteiger partial charge in [-0.05, 0) is 50.1 Å². The number of nitrogens with zero attached hydrogens (tertiary/aromatic N) is 2. The molecule has 20 heavy (non-hydrogen) atoms. The maximum Gasteiger partial charge on any atom is 0.125 e. The number of alkyl halides is 1. The van der Waals surface area contributed by atoms with Crippen molar-refractivity contribution in [3.8, 4) is 0 Å². The van der Waals surface area contributed by atoms with Crippen LogP contribution in [0.4, 0.5) is 0 Å². The molecular weight excluding hydrogens is 288 g/mol. The molecule has 0 N–H and O–H groups in total. The third-order valence-electron chi connectivity index (χ3n) is 3.63. The van der Waals surface area contributed by atoms with Gasteiger partial charge < -0.3 is 4.57 Å². The molecule has 3 rings (SSSR count). The number of imidazole rings is 1. The van der Waals surface area contributed by atoms with Crippen LogP contribution in [0.1, 0.15) is 26.7 Å². The van der Waals surface area contributed by atoms with Crippen molar-refractivity contribution < 1.29 is 0 Å². The average molecular weight is 305 g/mol. The van der Waals surface area contributed by atoms with E-state index in [4.69, 9.17) is 11.6 Å². The Labute approximate surface area is 128 Å². The molecule has 3 aromatic rings. The Morgan fingerprint density at radius 2 is 2.00 bits per heavy atom. The Bertz CT molecular complexity index is 751. The SMILES string of the molecule is Cc1ccc2c(c1)nc(CCl)n2Cc1cc(C)c(C)s1. The fourth-order valence-corrected chi connectivity index (χ4v) is 3.70. The van der Waals surface area contributed by atoms with Crippen LogP contribution in [0.2, 0.25) is 0 Å². The Morgan fingerprint density at radius 1 is 1.20 bits per heavy atom. The molecule has 0 bridgehead atoms. The minimum absolute atomic E-state index is 0.442. The smallest absolute Gasteiger partial charge is 0.125 e. The van der Waals surface area contributed by atoms with E-state index in [1.807, 2.05) is 11.3 Å². The molecule has 0 aliphatic carbocycles. The third kappa shape index (κ3) is 2.36. The topological polar surface area (TPSA) is 17.8 Å². The van der Waals surface area contributed by atoms with Crippen molar-refractivity contribution in [2.24, 2.45) is 0 Å². The van der Waals surface area contributed by atoms with Crippen molar-refractivity contribution in [2.75, 3.05) is 0 Å². The highest BCUT2D eigenvalue weighted by Crippen LogP contribution is 2.25. The number of aromatic nitrogens is 2. The second-order valence-corrected chi connectivity index (χ2v) is 6.80. The van der Waals surface area contributed by atoms with Crippen LogP contribution >= 0.6 is 22.9 Å². The summed E-state index contributed by atoms with van der Waals surface area (Å²) in [5, 5.41) is 0. The first-order valence-electron chi connectivity index (χ1n) is 6.66. The number of hydrogen-bond donors (Lipinski definition) is 0. The first kappa shape index (κ1) is 13.7. The summed E-state index contributed by atoms with van der Waals surface area (Å²) in [7, 11) is 0. The molecule has 0 spiro atoms. The van der Waals surface area contributed by atoms with Gasteiger partial charge >= 0.3 is 0 Å². The van der Waals surface area contributed by atoms with Crippen LogP contribution in [0, 0.1) is 20.8 Å². The highest BCUT2D eigenvalue weighted by atomic mass is 35.5. The number of benzene rings is 1. The van der Waals surface area contributed by atoms with Crippen LogP contribution in [0.5, 0.6) is 0 Å². The molecule has 2 aromatic heterocycles. The van der Waals surface area contributed by atoms with Crippen LogP contribution < -0.4 is 0 Å². The van der Waals surface area contributed by atoms with Crippen LogP contribution in [0.15, 0.2) is 24.3 Å². The molecule has 0 amide bonds. The number of thiophene rings is 1. The predicted molar refractivity (Wildman–Crippen MR) is 86.9 cm³/mol. The molecule has 104 valence electrons. The Hall–Kier alpha value is -1.32. The summed E-state index contributed by atoms with van der Waals surface area (Å²) in [5.41, 5.74) is 4.78. The lowest BCUT2D eigenvalue weighted by Gasteiger charge is -2.06. The van der Waals surface area contributed by atoms with E-state index >= 15 is 0 Å². The number of aryl methyl sites for hydroxylation is 3. The van der Waals surface area contributed by atoms with Crippen LogP contribution in [-0.2, 0) is 12.4 Å². The summed E-state index contributed by atoms with van der Waals surface area (Å²) >= 11 is 7.92. The van der Waals surface area contributed by atoms with E-state index in [0.717, 1.165) is 23.4 Å². The highest BCUT2D eigenvalue weighted by Gasteiger charge is 2.12. The molecule has 0 aliphatic heterocycles. The third-order valence-corrected chi connectivity index (χ3v) is 5.01. The number of rotatable bonds is 3. The van der Waals surface area contributed by atoms with Gasteiger partial charge in [0.15, 0.2) is 0 Å². The fourth-order valence-electron chi connectivity index (χ4n) is 2.45. The van der Waals surface area contributed by atoms with E-state index in [9.17, 15) is 0 Å². The summed E-state index contributed by atoms with van der Waals surface area (Å²) in [4.78, 5) is 7.39. The zero-order valence-electron chi connectivity index (χ0n) is 11.9. The van der Waals surface area contributed by atoms with Crippen molar-refractivity contribution >= 4 is 34.0 Å². The van der Waals surface area contributed by atoms with Crippen molar-refractivity contribution in [1.82, 2.24) is 9.55 Å². The van der Waals surface area contributed by atoms with Gasteiger partial charge in [0, 0.05) is 9.75 Å². The number of hydrogen-bond acceptors (Lipinski definition) is 2. The monoisotopic (exact) mass is 304 g/mol. The first-order valence-corrected chi connectivity index (χ1v) is 8.01. The summed E-state index contributed by atoms with van der Waals surface area (Å²) in [6.45, 7) is 7.26. The van der Waals surface area contributed by atoms with Crippen molar-refractivity contribution in [3.05, 3.63) is 51.0 Å². The van der Waals surface area contributed by atoms with Crippen molar-refractivity contribution in [2.45, 2.75) is 33.2 Å². The second kappa shape index (κ2) is 5.23. The quantitative estimate of drug-likeness (QED) is 0.635. The van der Waals surface area contributed by atoms with E-state index in [1.165, 1.54) is 20.9 Å². The summed E-state index contributed by atoms with van der Waals surface area (Å²) in [6, 6.07) is 8.65. The lowest BCUT2D eigenvalue weighted by molar-refractivity contribution is 0.789. The van der Waals surface area contributed by atoms with Crippen LogP contribution in [-0.4, -0.2) is 9.55 Å². The average Bonchev–Trinajstić information content (AvgIpc) is 2.91. The standard InChI is InChI=1S/C16H17ClN2S/c1-10-4-5-15-14(6-10)18-16(8-17)19(15)9-13-7-11(2)12(3)20-13/h4-7H,8-9H2,1-3H3. The maximum atomic E-state index is 6.07. The molecule has 0 radical (unpaired) electrons. The molecule has 2 nitrogen and oxygen atoms in total. The van der Waals surface area contributed by atoms with Gasteiger partial charge in [0.05, 0.1) is 23.5 Å². The van der Waals surface area contributed by atoms with E-state index in [0.29, 0.717) is 5.88 Å². The molecule has 0 unspecified atom stereocenters. The second-order valence-electron chi connectivity index (χ2n) is 5.19. The molecule has 0 aliphatic rings. The normalized spacial score (nSPS) is 11.4. The van der Waals surface area contributed by atoms with E-state index in [1.54, 1.807) is 0 Å². The van der Waals surface area contributed by atoms with E-state index in [-0.39, 0.29) is 0 Å². The zero-order valence-corrected chi connectivity index (χ0v) is 13.5. The minimum atomic E-state index is 0.442. The molecule has 4 heteroatoms. The van der Waals surface area contributed by atoms with E-state index < -0.39 is 0 Å². The molecule has 0 fully saturated rings. The van der Waals surface area contributed by atoms with Gasteiger partial charge in [-0.1, -0.05) is 6.07 Å². The summed E-state index contributed by atoms with van der Waals surface area (Å²) in [6.07, 6.45) is 0.